The Morgan fingerprint density at radius 1 is 1.06 bits per heavy atom. The van der Waals surface area contributed by atoms with E-state index in [1.54, 1.807) is 11.8 Å². The van der Waals surface area contributed by atoms with Gasteiger partial charge in [0.15, 0.2) is 11.6 Å². The molecular weight excluding hydrogens is 425 g/mol. The maximum Gasteiger partial charge on any atom is 0.343 e. The molecule has 1 aliphatic rings. The average Bonchev–Trinajstić information content (AvgIpc) is 2.75. The number of likely N-dealkylation sites (N-methyl/N-ethyl adjacent to an activating group) is 1. The van der Waals surface area contributed by atoms with Crippen molar-refractivity contribution in [1.82, 2.24) is 14.3 Å². The highest BCUT2D eigenvalue weighted by Gasteiger charge is 2.24. The summed E-state index contributed by atoms with van der Waals surface area (Å²) in [5, 5.41) is 0. The molecule has 10 heteroatoms. The fourth-order valence-electron chi connectivity index (χ4n) is 3.69. The third kappa shape index (κ3) is 3.93. The molecule has 0 aliphatic carbocycles. The van der Waals surface area contributed by atoms with Gasteiger partial charge < -0.3 is 14.5 Å². The van der Waals surface area contributed by atoms with Gasteiger partial charge in [0, 0.05) is 43.4 Å². The Kier molecular flexibility index (Phi) is 5.88. The molecular formula is C22H21F3N4O3. The van der Waals surface area contributed by atoms with Gasteiger partial charge in [0.25, 0.3) is 5.56 Å². The van der Waals surface area contributed by atoms with Crippen LogP contribution in [0.25, 0.3) is 16.8 Å². The largest absolute Gasteiger partial charge is 0.462 e. The van der Waals surface area contributed by atoms with Crippen molar-refractivity contribution in [3.8, 4) is 11.1 Å². The number of piperazine rings is 1. The maximum atomic E-state index is 15.0. The van der Waals surface area contributed by atoms with Crippen molar-refractivity contribution in [1.29, 1.82) is 0 Å². The number of carbonyl (C=O) groups excluding carboxylic acids is 1. The minimum absolute atomic E-state index is 0.0101. The van der Waals surface area contributed by atoms with Crippen molar-refractivity contribution in [3.63, 3.8) is 0 Å². The molecule has 4 rings (SSSR count). The average molecular weight is 446 g/mol. The normalized spacial score (nSPS) is 14.7. The van der Waals surface area contributed by atoms with E-state index in [0.717, 1.165) is 22.7 Å². The van der Waals surface area contributed by atoms with Gasteiger partial charge in [-0.25, -0.2) is 22.9 Å². The number of ether oxygens (including phenoxy) is 1. The first-order valence-corrected chi connectivity index (χ1v) is 10.1. The molecule has 0 N–H and O–H groups in total. The van der Waals surface area contributed by atoms with Crippen LogP contribution >= 0.6 is 0 Å². The highest BCUT2D eigenvalue weighted by atomic mass is 19.1. The summed E-state index contributed by atoms with van der Waals surface area (Å²) in [5.74, 6) is -3.36. The van der Waals surface area contributed by atoms with E-state index in [1.807, 2.05) is 7.05 Å². The number of nitrogens with zero attached hydrogens (tertiary/aromatic N) is 4. The Morgan fingerprint density at radius 2 is 1.78 bits per heavy atom. The molecule has 1 aromatic carbocycles. The van der Waals surface area contributed by atoms with E-state index in [1.165, 1.54) is 6.07 Å². The Balaban J connectivity index is 1.99. The van der Waals surface area contributed by atoms with Crippen molar-refractivity contribution < 1.29 is 22.7 Å². The van der Waals surface area contributed by atoms with E-state index < -0.39 is 34.5 Å². The lowest BCUT2D eigenvalue weighted by Gasteiger charge is -2.33. The number of anilines is 1. The second-order valence-electron chi connectivity index (χ2n) is 7.52. The molecule has 7 nitrogen and oxygen atoms in total. The molecule has 3 aromatic rings. The van der Waals surface area contributed by atoms with Gasteiger partial charge in [-0.15, -0.1) is 0 Å². The van der Waals surface area contributed by atoms with Crippen LogP contribution in [0.2, 0.25) is 0 Å². The van der Waals surface area contributed by atoms with E-state index in [4.69, 9.17) is 4.74 Å². The molecule has 32 heavy (non-hydrogen) atoms. The van der Waals surface area contributed by atoms with Gasteiger partial charge in [-0.3, -0.25) is 9.20 Å². The van der Waals surface area contributed by atoms with Crippen molar-refractivity contribution in [2.24, 2.45) is 0 Å². The summed E-state index contributed by atoms with van der Waals surface area (Å²) in [7, 11) is 1.95. The molecule has 3 heterocycles. The Morgan fingerprint density at radius 3 is 2.44 bits per heavy atom. The van der Waals surface area contributed by atoms with Crippen LogP contribution < -0.4 is 10.5 Å². The monoisotopic (exact) mass is 446 g/mol. The molecule has 168 valence electrons. The zero-order valence-corrected chi connectivity index (χ0v) is 17.6. The summed E-state index contributed by atoms with van der Waals surface area (Å²) in [6.07, 6.45) is 0.936. The maximum absolute atomic E-state index is 15.0. The van der Waals surface area contributed by atoms with Crippen molar-refractivity contribution in [3.05, 3.63) is 63.8 Å². The number of rotatable bonds is 4. The highest BCUT2D eigenvalue weighted by molar-refractivity contribution is 5.93. The lowest BCUT2D eigenvalue weighted by atomic mass is 10.0. The molecule has 0 amide bonds. The van der Waals surface area contributed by atoms with Crippen molar-refractivity contribution in [2.75, 3.05) is 44.7 Å². The number of benzene rings is 1. The van der Waals surface area contributed by atoms with Gasteiger partial charge in [-0.2, -0.15) is 0 Å². The number of hydrogen-bond acceptors (Lipinski definition) is 6. The second-order valence-corrected chi connectivity index (χ2v) is 7.52. The first-order valence-electron chi connectivity index (χ1n) is 10.1. The number of carbonyl (C=O) groups is 1. The van der Waals surface area contributed by atoms with Crippen LogP contribution in [0, 0.1) is 17.5 Å². The lowest BCUT2D eigenvalue weighted by Crippen LogP contribution is -2.45. The number of pyridine rings is 1. The third-order valence-corrected chi connectivity index (χ3v) is 5.39. The van der Waals surface area contributed by atoms with E-state index in [9.17, 15) is 18.4 Å². The van der Waals surface area contributed by atoms with Crippen LogP contribution in [0.4, 0.5) is 19.0 Å². The van der Waals surface area contributed by atoms with E-state index in [0.29, 0.717) is 32.2 Å². The summed E-state index contributed by atoms with van der Waals surface area (Å²) in [6, 6.07) is 4.07. The zero-order chi connectivity index (χ0) is 23.0. The van der Waals surface area contributed by atoms with Gasteiger partial charge >= 0.3 is 5.97 Å². The standard InChI is InChI=1S/C22H21F3N4O3/c1-3-32-22(31)16-11-15(14-5-4-13(23)10-17(14)24)19-26-20(18(25)12-29(19)21(16)30)28-8-6-27(2)7-9-28/h4-5,10-12H,3,6-9H2,1-2H3. The molecule has 1 saturated heterocycles. The molecule has 0 atom stereocenters. The predicted octanol–water partition coefficient (Wildman–Crippen LogP) is 2.71. The molecule has 2 aromatic heterocycles. The van der Waals surface area contributed by atoms with Gasteiger partial charge in [0.2, 0.25) is 0 Å². The fraction of sp³-hybridized carbons (Fsp3) is 0.318. The minimum Gasteiger partial charge on any atom is -0.462 e. The summed E-state index contributed by atoms with van der Waals surface area (Å²) >= 11 is 0. The van der Waals surface area contributed by atoms with Crippen LogP contribution in [0.15, 0.2) is 35.3 Å². The first kappa shape index (κ1) is 21.8. The number of esters is 1. The molecule has 0 saturated carbocycles. The van der Waals surface area contributed by atoms with Crippen LogP contribution in [0.1, 0.15) is 17.3 Å². The van der Waals surface area contributed by atoms with Gasteiger partial charge in [-0.05, 0) is 32.2 Å². The van der Waals surface area contributed by atoms with Gasteiger partial charge in [0.05, 0.1) is 12.8 Å². The van der Waals surface area contributed by atoms with Gasteiger partial charge in [-0.1, -0.05) is 0 Å². The number of fused-ring (bicyclic) bond motifs is 1. The Hall–Kier alpha value is -3.40. The molecule has 0 spiro atoms. The van der Waals surface area contributed by atoms with Gasteiger partial charge in [0.1, 0.15) is 22.8 Å². The summed E-state index contributed by atoms with van der Waals surface area (Å²) < 4.78 is 49.0. The Labute approximate surface area is 181 Å². The third-order valence-electron chi connectivity index (χ3n) is 5.39. The molecule has 1 aliphatic heterocycles. The van der Waals surface area contributed by atoms with Crippen LogP contribution in [0.3, 0.4) is 0 Å². The van der Waals surface area contributed by atoms with Crippen LogP contribution in [-0.2, 0) is 4.74 Å². The lowest BCUT2D eigenvalue weighted by molar-refractivity contribution is 0.0524. The first-order chi connectivity index (χ1) is 15.3. The van der Waals surface area contributed by atoms with E-state index in [2.05, 4.69) is 9.88 Å². The van der Waals surface area contributed by atoms with Crippen LogP contribution in [-0.4, -0.2) is 60.1 Å². The quantitative estimate of drug-likeness (QED) is 0.575. The fourth-order valence-corrected chi connectivity index (χ4v) is 3.69. The zero-order valence-electron chi connectivity index (χ0n) is 17.6. The predicted molar refractivity (Wildman–Crippen MR) is 112 cm³/mol. The molecule has 1 fully saturated rings. The number of halogens is 3. The summed E-state index contributed by atoms with van der Waals surface area (Å²) in [5.41, 5.74) is -1.35. The highest BCUT2D eigenvalue weighted by Crippen LogP contribution is 2.29. The topological polar surface area (TPSA) is 67.2 Å². The smallest absolute Gasteiger partial charge is 0.343 e. The SMILES string of the molecule is CCOC(=O)c1cc(-c2ccc(F)cc2F)c2nc(N3CCN(C)CC3)c(F)cn2c1=O. The molecule has 0 bridgehead atoms. The molecule has 0 radical (unpaired) electrons. The summed E-state index contributed by atoms with van der Waals surface area (Å²) in [6.45, 7) is 4.00. The van der Waals surface area contributed by atoms with Crippen molar-refractivity contribution >= 4 is 17.4 Å². The van der Waals surface area contributed by atoms with Crippen LogP contribution in [0.5, 0.6) is 0 Å². The second kappa shape index (κ2) is 8.62. The number of hydrogen-bond donors (Lipinski definition) is 0. The Bertz CT molecular complexity index is 1250. The van der Waals surface area contributed by atoms with E-state index >= 15 is 4.39 Å². The number of aromatic nitrogens is 2. The van der Waals surface area contributed by atoms with E-state index in [-0.39, 0.29) is 29.2 Å². The summed E-state index contributed by atoms with van der Waals surface area (Å²) in [4.78, 5) is 33.5. The molecule has 0 unspecified atom stereocenters. The van der Waals surface area contributed by atoms with Crippen molar-refractivity contribution in [2.45, 2.75) is 6.92 Å². The minimum atomic E-state index is -0.931.